The number of aromatic nitrogens is 1. The number of nitrogens with zero attached hydrogens (tertiary/aromatic N) is 1. The predicted octanol–water partition coefficient (Wildman–Crippen LogP) is 3.24. The fourth-order valence-electron chi connectivity index (χ4n) is 2.45. The van der Waals surface area contributed by atoms with E-state index in [1.165, 1.54) is 0 Å². The third-order valence-corrected chi connectivity index (χ3v) is 3.66. The average Bonchev–Trinajstić information content (AvgIpc) is 2.81. The maximum Gasteiger partial charge on any atom is 0.209 e. The van der Waals surface area contributed by atoms with E-state index in [2.05, 4.69) is 19.2 Å². The summed E-state index contributed by atoms with van der Waals surface area (Å²) in [5, 5.41) is 3.37. The molecule has 0 fully saturated rings. The second-order valence-electron chi connectivity index (χ2n) is 5.18. The van der Waals surface area contributed by atoms with Gasteiger partial charge in [0.1, 0.15) is 0 Å². The van der Waals surface area contributed by atoms with Crippen LogP contribution in [0.3, 0.4) is 0 Å². The minimum atomic E-state index is 0.0717. The molecular formula is C17H22N2O. The van der Waals surface area contributed by atoms with E-state index in [0.29, 0.717) is 0 Å². The molecule has 0 saturated carbocycles. The van der Waals surface area contributed by atoms with Gasteiger partial charge in [0, 0.05) is 24.3 Å². The van der Waals surface area contributed by atoms with E-state index in [1.807, 2.05) is 54.9 Å². The zero-order valence-electron chi connectivity index (χ0n) is 12.6. The molecule has 3 heteroatoms. The summed E-state index contributed by atoms with van der Waals surface area (Å²) in [7, 11) is 1.95. The summed E-state index contributed by atoms with van der Waals surface area (Å²) in [4.78, 5) is 12.5. The third kappa shape index (κ3) is 2.83. The minimum Gasteiger partial charge on any atom is -0.344 e. The van der Waals surface area contributed by atoms with Gasteiger partial charge in [0.25, 0.3) is 0 Å². The van der Waals surface area contributed by atoms with Crippen LogP contribution in [0.15, 0.2) is 36.4 Å². The SMILES string of the molecule is CCNC(C)c1ccc(C(=O)c2ccc(C)cc2)n1C. The van der Waals surface area contributed by atoms with Gasteiger partial charge in [-0.15, -0.1) is 0 Å². The molecule has 20 heavy (non-hydrogen) atoms. The van der Waals surface area contributed by atoms with Gasteiger partial charge >= 0.3 is 0 Å². The highest BCUT2D eigenvalue weighted by Crippen LogP contribution is 2.18. The maximum atomic E-state index is 12.5. The molecular weight excluding hydrogens is 248 g/mol. The summed E-state index contributed by atoms with van der Waals surface area (Å²) in [6.07, 6.45) is 0. The lowest BCUT2D eigenvalue weighted by Gasteiger charge is -2.14. The number of ketones is 1. The van der Waals surface area contributed by atoms with Gasteiger partial charge in [0.15, 0.2) is 0 Å². The molecule has 1 aromatic carbocycles. The van der Waals surface area contributed by atoms with Gasteiger partial charge in [-0.3, -0.25) is 4.79 Å². The predicted molar refractivity (Wildman–Crippen MR) is 82.1 cm³/mol. The van der Waals surface area contributed by atoms with Crippen molar-refractivity contribution in [3.8, 4) is 0 Å². The molecule has 0 bridgehead atoms. The molecule has 2 aromatic rings. The van der Waals surface area contributed by atoms with Crippen LogP contribution in [0.1, 0.15) is 47.2 Å². The smallest absolute Gasteiger partial charge is 0.209 e. The van der Waals surface area contributed by atoms with Crippen molar-refractivity contribution in [1.29, 1.82) is 0 Å². The Morgan fingerprint density at radius 3 is 2.45 bits per heavy atom. The zero-order chi connectivity index (χ0) is 14.7. The Morgan fingerprint density at radius 2 is 1.85 bits per heavy atom. The van der Waals surface area contributed by atoms with Crippen molar-refractivity contribution < 1.29 is 4.79 Å². The normalized spacial score (nSPS) is 12.4. The Hall–Kier alpha value is -1.87. The summed E-state index contributed by atoms with van der Waals surface area (Å²) in [5.74, 6) is 0.0717. The van der Waals surface area contributed by atoms with E-state index in [4.69, 9.17) is 0 Å². The van der Waals surface area contributed by atoms with Crippen LogP contribution in [0.4, 0.5) is 0 Å². The van der Waals surface area contributed by atoms with Gasteiger partial charge in [0.2, 0.25) is 5.78 Å². The summed E-state index contributed by atoms with van der Waals surface area (Å²) < 4.78 is 1.98. The first-order valence-corrected chi connectivity index (χ1v) is 7.05. The van der Waals surface area contributed by atoms with Crippen molar-refractivity contribution in [1.82, 2.24) is 9.88 Å². The summed E-state index contributed by atoms with van der Waals surface area (Å²) in [6, 6.07) is 11.9. The first-order valence-electron chi connectivity index (χ1n) is 7.05. The van der Waals surface area contributed by atoms with Crippen LogP contribution in [-0.4, -0.2) is 16.9 Å². The first-order chi connectivity index (χ1) is 9.54. The lowest BCUT2D eigenvalue weighted by molar-refractivity contribution is 0.103. The molecule has 1 unspecified atom stereocenters. The minimum absolute atomic E-state index is 0.0717. The van der Waals surface area contributed by atoms with Crippen molar-refractivity contribution in [3.63, 3.8) is 0 Å². The first kappa shape index (κ1) is 14.5. The molecule has 0 aliphatic heterocycles. The van der Waals surface area contributed by atoms with Crippen LogP contribution in [0.5, 0.6) is 0 Å². The molecule has 0 aliphatic carbocycles. The number of rotatable bonds is 5. The molecule has 3 nitrogen and oxygen atoms in total. The van der Waals surface area contributed by atoms with E-state index >= 15 is 0 Å². The topological polar surface area (TPSA) is 34.0 Å². The highest BCUT2D eigenvalue weighted by Gasteiger charge is 2.16. The molecule has 0 radical (unpaired) electrons. The molecule has 106 valence electrons. The van der Waals surface area contributed by atoms with E-state index in [0.717, 1.165) is 29.1 Å². The lowest BCUT2D eigenvalue weighted by Crippen LogP contribution is -2.21. The Morgan fingerprint density at radius 1 is 1.20 bits per heavy atom. The molecule has 2 rings (SSSR count). The average molecular weight is 270 g/mol. The number of benzene rings is 1. The summed E-state index contributed by atoms with van der Waals surface area (Å²) in [5.41, 5.74) is 3.75. The monoisotopic (exact) mass is 270 g/mol. The third-order valence-electron chi connectivity index (χ3n) is 3.66. The van der Waals surface area contributed by atoms with Crippen LogP contribution < -0.4 is 5.32 Å². The van der Waals surface area contributed by atoms with Crippen molar-refractivity contribution in [3.05, 3.63) is 58.9 Å². The Kier molecular flexibility index (Phi) is 4.40. The number of carbonyl (C=O) groups is 1. The van der Waals surface area contributed by atoms with E-state index in [-0.39, 0.29) is 11.8 Å². The zero-order valence-corrected chi connectivity index (χ0v) is 12.6. The number of hydrogen-bond acceptors (Lipinski definition) is 2. The fraction of sp³-hybridized carbons (Fsp3) is 0.353. The van der Waals surface area contributed by atoms with Gasteiger partial charge in [-0.05, 0) is 32.5 Å². The van der Waals surface area contributed by atoms with Crippen LogP contribution >= 0.6 is 0 Å². The van der Waals surface area contributed by atoms with E-state index in [9.17, 15) is 4.79 Å². The number of nitrogens with one attached hydrogen (secondary N) is 1. The Balaban J connectivity index is 2.29. The van der Waals surface area contributed by atoms with Crippen molar-refractivity contribution in [2.24, 2.45) is 7.05 Å². The maximum absolute atomic E-state index is 12.5. The lowest BCUT2D eigenvalue weighted by atomic mass is 10.1. The molecule has 1 heterocycles. The largest absolute Gasteiger partial charge is 0.344 e. The quantitative estimate of drug-likeness (QED) is 0.846. The molecule has 1 aromatic heterocycles. The van der Waals surface area contributed by atoms with Gasteiger partial charge in [0.05, 0.1) is 5.69 Å². The standard InChI is InChI=1S/C17H22N2O/c1-5-18-13(3)15-10-11-16(19(15)4)17(20)14-8-6-12(2)7-9-14/h6-11,13,18H,5H2,1-4H3. The molecule has 0 aliphatic rings. The molecule has 0 saturated heterocycles. The molecule has 0 amide bonds. The summed E-state index contributed by atoms with van der Waals surface area (Å²) in [6.45, 7) is 7.12. The molecule has 1 atom stereocenters. The molecule has 1 N–H and O–H groups in total. The van der Waals surface area contributed by atoms with Crippen LogP contribution in [0.2, 0.25) is 0 Å². The van der Waals surface area contributed by atoms with E-state index < -0.39 is 0 Å². The molecule has 0 spiro atoms. The van der Waals surface area contributed by atoms with E-state index in [1.54, 1.807) is 0 Å². The van der Waals surface area contributed by atoms with Crippen molar-refractivity contribution >= 4 is 5.78 Å². The fourth-order valence-corrected chi connectivity index (χ4v) is 2.45. The second-order valence-corrected chi connectivity index (χ2v) is 5.18. The van der Waals surface area contributed by atoms with Crippen molar-refractivity contribution in [2.75, 3.05) is 6.54 Å². The number of hydrogen-bond donors (Lipinski definition) is 1. The van der Waals surface area contributed by atoms with Crippen molar-refractivity contribution in [2.45, 2.75) is 26.8 Å². The van der Waals surface area contributed by atoms with Crippen LogP contribution in [0.25, 0.3) is 0 Å². The summed E-state index contributed by atoms with van der Waals surface area (Å²) >= 11 is 0. The van der Waals surface area contributed by atoms with Gasteiger partial charge in [-0.1, -0.05) is 36.8 Å². The van der Waals surface area contributed by atoms with Crippen LogP contribution in [0, 0.1) is 6.92 Å². The van der Waals surface area contributed by atoms with Gasteiger partial charge in [-0.2, -0.15) is 0 Å². The Labute approximate surface area is 120 Å². The second kappa shape index (κ2) is 6.06. The highest BCUT2D eigenvalue weighted by molar-refractivity contribution is 6.08. The number of carbonyl (C=O) groups excluding carboxylic acids is 1. The van der Waals surface area contributed by atoms with Gasteiger partial charge in [-0.25, -0.2) is 0 Å². The highest BCUT2D eigenvalue weighted by atomic mass is 16.1. The van der Waals surface area contributed by atoms with Gasteiger partial charge < -0.3 is 9.88 Å². The number of aryl methyl sites for hydroxylation is 1. The van der Waals surface area contributed by atoms with Crippen LogP contribution in [-0.2, 0) is 7.05 Å². The Bertz CT molecular complexity index is 596.